The lowest BCUT2D eigenvalue weighted by Gasteiger charge is -2.41. The van der Waals surface area contributed by atoms with Crippen molar-refractivity contribution >= 4 is 15.9 Å². The van der Waals surface area contributed by atoms with E-state index in [-0.39, 0.29) is 18.6 Å². The van der Waals surface area contributed by atoms with Crippen LogP contribution in [0.15, 0.2) is 18.2 Å². The number of piperazine rings is 1. The number of nitrogens with zero attached hydrogens (tertiary/aromatic N) is 3. The Labute approximate surface area is 153 Å². The van der Waals surface area contributed by atoms with Gasteiger partial charge < -0.3 is 14.4 Å². The number of hydrogen-bond donors (Lipinski definition) is 0. The summed E-state index contributed by atoms with van der Waals surface area (Å²) in [7, 11) is -3.18. The molecule has 0 saturated carbocycles. The molecule has 9 heteroatoms. The minimum Gasteiger partial charge on any atom is -0.454 e. The second-order valence-corrected chi connectivity index (χ2v) is 9.05. The standard InChI is InChI=1S/C17H23N3O5S/c1-26(22,23)20-10-14(11-20)17(21)19-6-4-18(5-7-19)9-13-2-3-15-16(8-13)25-12-24-15/h2-3,8,14H,4-7,9-12H2,1H3. The third-order valence-corrected chi connectivity index (χ3v) is 6.43. The van der Waals surface area contributed by atoms with Gasteiger partial charge in [-0.15, -0.1) is 0 Å². The second kappa shape index (κ2) is 6.71. The molecule has 0 radical (unpaired) electrons. The van der Waals surface area contributed by atoms with E-state index in [4.69, 9.17) is 9.47 Å². The summed E-state index contributed by atoms with van der Waals surface area (Å²) in [5, 5.41) is 0. The number of fused-ring (bicyclic) bond motifs is 1. The van der Waals surface area contributed by atoms with E-state index >= 15 is 0 Å². The zero-order valence-electron chi connectivity index (χ0n) is 14.8. The van der Waals surface area contributed by atoms with Gasteiger partial charge in [-0.25, -0.2) is 12.7 Å². The molecular formula is C17H23N3O5S. The van der Waals surface area contributed by atoms with Crippen molar-refractivity contribution in [2.45, 2.75) is 6.54 Å². The predicted octanol–water partition coefficient (Wildman–Crippen LogP) is -0.0491. The molecule has 0 N–H and O–H groups in total. The summed E-state index contributed by atoms with van der Waals surface area (Å²) < 4.78 is 34.9. The Balaban J connectivity index is 1.26. The molecule has 0 spiro atoms. The van der Waals surface area contributed by atoms with E-state index in [2.05, 4.69) is 4.90 Å². The van der Waals surface area contributed by atoms with E-state index in [1.807, 2.05) is 23.1 Å². The van der Waals surface area contributed by atoms with E-state index in [0.717, 1.165) is 36.7 Å². The number of ether oxygens (including phenoxy) is 2. The van der Waals surface area contributed by atoms with Gasteiger partial charge in [-0.3, -0.25) is 9.69 Å². The van der Waals surface area contributed by atoms with Gasteiger partial charge in [0.15, 0.2) is 11.5 Å². The van der Waals surface area contributed by atoms with Crippen molar-refractivity contribution in [3.05, 3.63) is 23.8 Å². The molecular weight excluding hydrogens is 358 g/mol. The van der Waals surface area contributed by atoms with Gasteiger partial charge in [0.05, 0.1) is 12.2 Å². The summed E-state index contributed by atoms with van der Waals surface area (Å²) in [4.78, 5) is 16.7. The Kier molecular flexibility index (Phi) is 4.54. The maximum atomic E-state index is 12.5. The van der Waals surface area contributed by atoms with E-state index in [0.29, 0.717) is 26.2 Å². The van der Waals surface area contributed by atoms with E-state index in [9.17, 15) is 13.2 Å². The first-order chi connectivity index (χ1) is 12.4. The van der Waals surface area contributed by atoms with Gasteiger partial charge in [-0.2, -0.15) is 0 Å². The van der Waals surface area contributed by atoms with Crippen LogP contribution in [0.2, 0.25) is 0 Å². The lowest BCUT2D eigenvalue weighted by molar-refractivity contribution is -0.140. The first-order valence-electron chi connectivity index (χ1n) is 8.75. The van der Waals surface area contributed by atoms with E-state index in [1.165, 1.54) is 10.6 Å². The number of amides is 1. The smallest absolute Gasteiger partial charge is 0.231 e. The normalized spacial score (nSPS) is 21.7. The summed E-state index contributed by atoms with van der Waals surface area (Å²) in [5.41, 5.74) is 1.16. The quantitative estimate of drug-likeness (QED) is 0.728. The molecule has 0 atom stereocenters. The molecule has 1 amide bonds. The van der Waals surface area contributed by atoms with Crippen molar-refractivity contribution in [3.8, 4) is 11.5 Å². The highest BCUT2D eigenvalue weighted by atomic mass is 32.2. The van der Waals surface area contributed by atoms with Gasteiger partial charge in [-0.05, 0) is 17.7 Å². The molecule has 2 saturated heterocycles. The van der Waals surface area contributed by atoms with Crippen LogP contribution in [-0.4, -0.2) is 80.7 Å². The van der Waals surface area contributed by atoms with Gasteiger partial charge in [0.2, 0.25) is 22.7 Å². The maximum absolute atomic E-state index is 12.5. The molecule has 0 aromatic heterocycles. The molecule has 3 aliphatic rings. The lowest BCUT2D eigenvalue weighted by Crippen LogP contribution is -2.58. The highest BCUT2D eigenvalue weighted by Gasteiger charge is 2.40. The topological polar surface area (TPSA) is 79.4 Å². The first-order valence-corrected chi connectivity index (χ1v) is 10.6. The number of rotatable bonds is 4. The molecule has 3 heterocycles. The zero-order chi connectivity index (χ0) is 18.3. The maximum Gasteiger partial charge on any atom is 0.231 e. The van der Waals surface area contributed by atoms with Crippen LogP contribution < -0.4 is 9.47 Å². The van der Waals surface area contributed by atoms with Crippen molar-refractivity contribution in [2.24, 2.45) is 5.92 Å². The number of carbonyl (C=O) groups excluding carboxylic acids is 1. The van der Waals surface area contributed by atoms with Gasteiger partial charge in [0.25, 0.3) is 0 Å². The fourth-order valence-electron chi connectivity index (χ4n) is 3.55. The Morgan fingerprint density at radius 1 is 1.12 bits per heavy atom. The van der Waals surface area contributed by atoms with Crippen molar-refractivity contribution in [3.63, 3.8) is 0 Å². The Morgan fingerprint density at radius 3 is 2.50 bits per heavy atom. The number of carbonyl (C=O) groups is 1. The molecule has 1 aromatic rings. The van der Waals surface area contributed by atoms with Crippen LogP contribution >= 0.6 is 0 Å². The Morgan fingerprint density at radius 2 is 1.81 bits per heavy atom. The van der Waals surface area contributed by atoms with Crippen LogP contribution in [0.1, 0.15) is 5.56 Å². The molecule has 3 aliphatic heterocycles. The Hall–Kier alpha value is -1.84. The molecule has 8 nitrogen and oxygen atoms in total. The third-order valence-electron chi connectivity index (χ3n) is 5.19. The molecule has 1 aromatic carbocycles. The summed E-state index contributed by atoms with van der Waals surface area (Å²) in [5.74, 6) is 1.46. The van der Waals surface area contributed by atoms with Crippen LogP contribution in [0.3, 0.4) is 0 Å². The molecule has 4 rings (SSSR count). The highest BCUT2D eigenvalue weighted by molar-refractivity contribution is 7.88. The monoisotopic (exact) mass is 381 g/mol. The van der Waals surface area contributed by atoms with Gasteiger partial charge in [-0.1, -0.05) is 6.07 Å². The van der Waals surface area contributed by atoms with Gasteiger partial charge in [0, 0.05) is 45.8 Å². The molecule has 2 fully saturated rings. The van der Waals surface area contributed by atoms with Gasteiger partial charge in [0.1, 0.15) is 0 Å². The van der Waals surface area contributed by atoms with Crippen molar-refractivity contribution in [1.29, 1.82) is 0 Å². The number of hydrogen-bond acceptors (Lipinski definition) is 6. The van der Waals surface area contributed by atoms with Crippen LogP contribution in [0, 0.1) is 5.92 Å². The highest BCUT2D eigenvalue weighted by Crippen LogP contribution is 2.33. The molecule has 0 bridgehead atoms. The summed E-state index contributed by atoms with van der Waals surface area (Å²) in [6.07, 6.45) is 1.18. The molecule has 26 heavy (non-hydrogen) atoms. The van der Waals surface area contributed by atoms with Crippen LogP contribution in [0.4, 0.5) is 0 Å². The van der Waals surface area contributed by atoms with Crippen molar-refractivity contribution in [2.75, 3.05) is 52.3 Å². The average Bonchev–Trinajstić information content (AvgIpc) is 3.00. The molecule has 0 aliphatic carbocycles. The van der Waals surface area contributed by atoms with Crippen LogP contribution in [-0.2, 0) is 21.4 Å². The zero-order valence-corrected chi connectivity index (χ0v) is 15.6. The van der Waals surface area contributed by atoms with E-state index in [1.54, 1.807) is 0 Å². The fraction of sp³-hybridized carbons (Fsp3) is 0.588. The largest absolute Gasteiger partial charge is 0.454 e. The van der Waals surface area contributed by atoms with Crippen molar-refractivity contribution in [1.82, 2.24) is 14.1 Å². The van der Waals surface area contributed by atoms with Crippen LogP contribution in [0.5, 0.6) is 11.5 Å². The van der Waals surface area contributed by atoms with E-state index < -0.39 is 10.0 Å². The lowest BCUT2D eigenvalue weighted by atomic mass is 10.0. The SMILES string of the molecule is CS(=O)(=O)N1CC(C(=O)N2CCN(Cc3ccc4c(c3)OCO4)CC2)C1. The minimum absolute atomic E-state index is 0.0765. The molecule has 142 valence electrons. The average molecular weight is 381 g/mol. The Bertz CT molecular complexity index is 799. The van der Waals surface area contributed by atoms with Gasteiger partial charge >= 0.3 is 0 Å². The third kappa shape index (κ3) is 3.51. The first kappa shape index (κ1) is 17.6. The number of benzene rings is 1. The minimum atomic E-state index is -3.18. The summed E-state index contributed by atoms with van der Waals surface area (Å²) in [6.45, 7) is 4.69. The predicted molar refractivity (Wildman–Crippen MR) is 94.3 cm³/mol. The fourth-order valence-corrected chi connectivity index (χ4v) is 4.45. The molecule has 0 unspecified atom stereocenters. The summed E-state index contributed by atoms with van der Waals surface area (Å²) >= 11 is 0. The van der Waals surface area contributed by atoms with Crippen molar-refractivity contribution < 1.29 is 22.7 Å². The summed E-state index contributed by atoms with van der Waals surface area (Å²) in [6, 6.07) is 5.98. The second-order valence-electron chi connectivity index (χ2n) is 7.07. The van der Waals surface area contributed by atoms with Crippen LogP contribution in [0.25, 0.3) is 0 Å². The number of sulfonamides is 1.